The first-order valence-corrected chi connectivity index (χ1v) is 10.4. The summed E-state index contributed by atoms with van der Waals surface area (Å²) in [5.41, 5.74) is -4.17. The third-order valence-corrected chi connectivity index (χ3v) is 5.71. The Bertz CT molecular complexity index is 1260. The van der Waals surface area contributed by atoms with Crippen LogP contribution < -0.4 is 10.2 Å². The van der Waals surface area contributed by atoms with Gasteiger partial charge in [0.05, 0.1) is 19.2 Å². The number of carbonyl (C=O) groups excluding carboxylic acids is 1. The molecule has 0 amide bonds. The topological polar surface area (TPSA) is 94.8 Å². The fourth-order valence-electron chi connectivity index (χ4n) is 3.13. The summed E-state index contributed by atoms with van der Waals surface area (Å²) in [6, 6.07) is 5.25. The molecule has 0 spiro atoms. The van der Waals surface area contributed by atoms with E-state index < -0.39 is 57.0 Å². The van der Waals surface area contributed by atoms with E-state index in [1.54, 1.807) is 12.1 Å². The zero-order valence-electron chi connectivity index (χ0n) is 17.4. The number of benzene rings is 2. The van der Waals surface area contributed by atoms with Gasteiger partial charge in [0.15, 0.2) is 23.2 Å². The molecule has 1 aromatic heterocycles. The van der Waals surface area contributed by atoms with Crippen molar-refractivity contribution in [3.8, 4) is 5.75 Å². The average molecular weight is 481 g/mol. The first-order chi connectivity index (χ1) is 15.7. The van der Waals surface area contributed by atoms with Crippen LogP contribution in [0.4, 0.5) is 13.2 Å². The lowest BCUT2D eigenvalue weighted by Gasteiger charge is -2.23. The summed E-state index contributed by atoms with van der Waals surface area (Å²) in [5.74, 6) is -5.02. The molecule has 174 valence electrons. The van der Waals surface area contributed by atoms with Gasteiger partial charge in [0.25, 0.3) is 0 Å². The number of hydrogen-bond donors (Lipinski definition) is 1. The SMILES string of the molecule is CCOC(=O)c1cn(C(C(=O)O)C(F)Sc2ccc(OC)cc2)c2cc(F)c(F)cc2c1=O. The number of aromatic nitrogens is 1. The van der Waals surface area contributed by atoms with Crippen molar-refractivity contribution in [3.05, 3.63) is 70.0 Å². The van der Waals surface area contributed by atoms with Gasteiger partial charge in [-0.2, -0.15) is 0 Å². The highest BCUT2D eigenvalue weighted by Gasteiger charge is 2.33. The Morgan fingerprint density at radius 3 is 2.36 bits per heavy atom. The maximum atomic E-state index is 15.3. The van der Waals surface area contributed by atoms with E-state index in [0.29, 0.717) is 34.5 Å². The maximum absolute atomic E-state index is 15.3. The van der Waals surface area contributed by atoms with Crippen LogP contribution in [0.5, 0.6) is 5.75 Å². The molecule has 0 bridgehead atoms. The minimum atomic E-state index is -2.15. The summed E-state index contributed by atoms with van der Waals surface area (Å²) >= 11 is 0.553. The molecular weight excluding hydrogens is 463 g/mol. The van der Waals surface area contributed by atoms with Gasteiger partial charge in [-0.15, -0.1) is 0 Å². The van der Waals surface area contributed by atoms with Crippen molar-refractivity contribution in [2.75, 3.05) is 13.7 Å². The number of rotatable bonds is 8. The van der Waals surface area contributed by atoms with Crippen molar-refractivity contribution in [1.29, 1.82) is 0 Å². The monoisotopic (exact) mass is 481 g/mol. The van der Waals surface area contributed by atoms with Crippen molar-refractivity contribution < 1.29 is 37.3 Å². The van der Waals surface area contributed by atoms with Crippen molar-refractivity contribution in [2.24, 2.45) is 0 Å². The standard InChI is InChI=1S/C22H18F3NO6S/c1-3-32-22(30)14-10-26(17-9-16(24)15(23)8-13(17)19(14)27)18(21(28)29)20(25)33-12-6-4-11(31-2)5-7-12/h4-10,18,20H,3H2,1-2H3,(H,28,29). The van der Waals surface area contributed by atoms with Gasteiger partial charge in [0.1, 0.15) is 11.3 Å². The molecule has 1 heterocycles. The van der Waals surface area contributed by atoms with Crippen LogP contribution in [0.1, 0.15) is 23.3 Å². The van der Waals surface area contributed by atoms with Crippen LogP contribution in [0, 0.1) is 11.6 Å². The zero-order chi connectivity index (χ0) is 24.3. The van der Waals surface area contributed by atoms with E-state index in [4.69, 9.17) is 9.47 Å². The van der Waals surface area contributed by atoms with Crippen LogP contribution >= 0.6 is 11.8 Å². The summed E-state index contributed by atoms with van der Waals surface area (Å²) < 4.78 is 53.7. The highest BCUT2D eigenvalue weighted by Crippen LogP contribution is 2.34. The van der Waals surface area contributed by atoms with E-state index in [0.717, 1.165) is 10.8 Å². The first-order valence-electron chi connectivity index (χ1n) is 9.56. The third-order valence-electron chi connectivity index (χ3n) is 4.68. The second-order valence-electron chi connectivity index (χ2n) is 6.71. The van der Waals surface area contributed by atoms with Crippen LogP contribution in [0.3, 0.4) is 0 Å². The minimum absolute atomic E-state index is 0.102. The summed E-state index contributed by atoms with van der Waals surface area (Å²) in [6.07, 6.45) is 0.792. The summed E-state index contributed by atoms with van der Waals surface area (Å²) in [6.45, 7) is 1.38. The van der Waals surface area contributed by atoms with Gasteiger partial charge in [-0.1, -0.05) is 11.8 Å². The van der Waals surface area contributed by atoms with Crippen molar-refractivity contribution >= 4 is 34.6 Å². The van der Waals surface area contributed by atoms with E-state index in [2.05, 4.69) is 0 Å². The number of carbonyl (C=O) groups is 2. The zero-order valence-corrected chi connectivity index (χ0v) is 18.2. The number of carboxylic acids is 1. The Balaban J connectivity index is 2.18. The van der Waals surface area contributed by atoms with E-state index in [-0.39, 0.29) is 6.61 Å². The fraction of sp³-hybridized carbons (Fsp3) is 0.227. The van der Waals surface area contributed by atoms with Crippen LogP contribution in [0.2, 0.25) is 0 Å². The summed E-state index contributed by atoms with van der Waals surface area (Å²) in [4.78, 5) is 37.4. The largest absolute Gasteiger partial charge is 0.497 e. The number of halogens is 3. The number of hydrogen-bond acceptors (Lipinski definition) is 6. The van der Waals surface area contributed by atoms with Gasteiger partial charge in [0, 0.05) is 22.5 Å². The lowest BCUT2D eigenvalue weighted by atomic mass is 10.1. The molecule has 1 N–H and O–H groups in total. The number of carboxylic acid groups (broad SMARTS) is 1. The number of aliphatic carboxylic acids is 1. The quantitative estimate of drug-likeness (QED) is 0.381. The Morgan fingerprint density at radius 1 is 1.15 bits per heavy atom. The molecule has 0 aliphatic heterocycles. The number of methoxy groups -OCH3 is 1. The highest BCUT2D eigenvalue weighted by molar-refractivity contribution is 7.99. The van der Waals surface area contributed by atoms with E-state index in [1.807, 2.05) is 0 Å². The molecule has 2 unspecified atom stereocenters. The highest BCUT2D eigenvalue weighted by atomic mass is 32.2. The smallest absolute Gasteiger partial charge is 0.343 e. The van der Waals surface area contributed by atoms with Crippen LogP contribution in [0.25, 0.3) is 10.9 Å². The number of alkyl halides is 1. The molecule has 0 saturated carbocycles. The number of esters is 1. The number of pyridine rings is 1. The first kappa shape index (κ1) is 24.2. The van der Waals surface area contributed by atoms with Crippen molar-refractivity contribution in [2.45, 2.75) is 23.4 Å². The number of fused-ring (bicyclic) bond motifs is 1. The third kappa shape index (κ3) is 4.98. The average Bonchev–Trinajstić information content (AvgIpc) is 2.77. The molecular formula is C22H18F3NO6S. The van der Waals surface area contributed by atoms with Gasteiger partial charge in [-0.3, -0.25) is 4.79 Å². The molecule has 0 radical (unpaired) electrons. The molecule has 2 atom stereocenters. The fourth-order valence-corrected chi connectivity index (χ4v) is 4.06. The number of thioether (sulfide) groups is 1. The van der Waals surface area contributed by atoms with Gasteiger partial charge in [-0.25, -0.2) is 22.8 Å². The number of ether oxygens (including phenoxy) is 2. The maximum Gasteiger partial charge on any atom is 0.343 e. The molecule has 3 aromatic rings. The van der Waals surface area contributed by atoms with Gasteiger partial charge >= 0.3 is 11.9 Å². The van der Waals surface area contributed by atoms with Gasteiger partial charge < -0.3 is 19.1 Å². The van der Waals surface area contributed by atoms with Crippen LogP contribution in [-0.2, 0) is 9.53 Å². The molecule has 3 rings (SSSR count). The van der Waals surface area contributed by atoms with E-state index in [1.165, 1.54) is 26.2 Å². The van der Waals surface area contributed by atoms with E-state index >= 15 is 4.39 Å². The van der Waals surface area contributed by atoms with E-state index in [9.17, 15) is 28.3 Å². The van der Waals surface area contributed by atoms with Gasteiger partial charge in [-0.05, 0) is 37.3 Å². The minimum Gasteiger partial charge on any atom is -0.497 e. The van der Waals surface area contributed by atoms with Crippen LogP contribution in [0.15, 0.2) is 52.3 Å². The summed E-state index contributed by atoms with van der Waals surface area (Å²) in [7, 11) is 1.45. The molecule has 0 aliphatic carbocycles. The Hall–Kier alpha value is -3.47. The number of nitrogens with zero attached hydrogens (tertiary/aromatic N) is 1. The molecule has 0 fully saturated rings. The second-order valence-corrected chi connectivity index (χ2v) is 7.87. The van der Waals surface area contributed by atoms with Gasteiger partial charge in [0.2, 0.25) is 5.43 Å². The molecule has 0 aliphatic rings. The molecule has 33 heavy (non-hydrogen) atoms. The second kappa shape index (κ2) is 9.99. The molecule has 0 saturated heterocycles. The summed E-state index contributed by atoms with van der Waals surface area (Å²) in [5, 5.41) is 9.29. The molecule has 2 aromatic carbocycles. The van der Waals surface area contributed by atoms with Crippen LogP contribution in [-0.4, -0.2) is 40.8 Å². The normalized spacial score (nSPS) is 12.9. The van der Waals surface area contributed by atoms with Crippen molar-refractivity contribution in [1.82, 2.24) is 4.57 Å². The lowest BCUT2D eigenvalue weighted by molar-refractivity contribution is -0.141. The lowest BCUT2D eigenvalue weighted by Crippen LogP contribution is -2.30. The predicted molar refractivity (Wildman–Crippen MR) is 115 cm³/mol. The Morgan fingerprint density at radius 2 is 1.79 bits per heavy atom. The molecule has 11 heteroatoms. The van der Waals surface area contributed by atoms with Crippen molar-refractivity contribution in [3.63, 3.8) is 0 Å². The Labute approximate surface area is 189 Å². The molecule has 7 nitrogen and oxygen atoms in total. The predicted octanol–water partition coefficient (Wildman–Crippen LogP) is 4.18. The Kier molecular flexibility index (Phi) is 7.32.